The molecule has 0 atom stereocenters. The van der Waals surface area contributed by atoms with Crippen molar-refractivity contribution in [3.05, 3.63) is 41.9 Å². The van der Waals surface area contributed by atoms with Crippen molar-refractivity contribution in [1.29, 1.82) is 0 Å². The summed E-state index contributed by atoms with van der Waals surface area (Å²) >= 11 is 0. The molecule has 2 heterocycles. The predicted octanol–water partition coefficient (Wildman–Crippen LogP) is 3.00. The van der Waals surface area contributed by atoms with Gasteiger partial charge in [0, 0.05) is 36.2 Å². The highest BCUT2D eigenvalue weighted by Gasteiger charge is 2.11. The van der Waals surface area contributed by atoms with E-state index in [2.05, 4.69) is 46.4 Å². The highest BCUT2D eigenvalue weighted by molar-refractivity contribution is 5.43. The first-order chi connectivity index (χ1) is 9.42. The van der Waals surface area contributed by atoms with E-state index < -0.39 is 0 Å². The average Bonchev–Trinajstić information content (AvgIpc) is 2.35. The maximum Gasteiger partial charge on any atom is 0.225 e. The molecular weight excluding hydrogens is 250 g/mol. The van der Waals surface area contributed by atoms with E-state index in [0.717, 1.165) is 17.1 Å². The summed E-state index contributed by atoms with van der Waals surface area (Å²) in [7, 11) is 0. The predicted molar refractivity (Wildman–Crippen MR) is 81.7 cm³/mol. The third-order valence-electron chi connectivity index (χ3n) is 2.56. The Bertz CT molecular complexity index is 560. The van der Waals surface area contributed by atoms with Gasteiger partial charge in [-0.2, -0.15) is 4.98 Å². The van der Waals surface area contributed by atoms with Crippen LogP contribution in [-0.2, 0) is 6.54 Å². The van der Waals surface area contributed by atoms with Gasteiger partial charge in [0.15, 0.2) is 0 Å². The van der Waals surface area contributed by atoms with E-state index in [-0.39, 0.29) is 5.54 Å². The minimum atomic E-state index is -0.0246. The average molecular weight is 271 g/mol. The molecule has 2 N–H and O–H groups in total. The summed E-state index contributed by atoms with van der Waals surface area (Å²) in [6.45, 7) is 8.96. The molecule has 2 rings (SSSR count). The van der Waals surface area contributed by atoms with Gasteiger partial charge in [0.05, 0.1) is 0 Å². The lowest BCUT2D eigenvalue weighted by atomic mass is 10.1. The van der Waals surface area contributed by atoms with Crippen molar-refractivity contribution in [3.63, 3.8) is 0 Å². The Hall–Kier alpha value is -2.17. The van der Waals surface area contributed by atoms with Crippen molar-refractivity contribution in [2.75, 3.05) is 10.6 Å². The topological polar surface area (TPSA) is 62.7 Å². The smallest absolute Gasteiger partial charge is 0.225 e. The van der Waals surface area contributed by atoms with Gasteiger partial charge >= 0.3 is 0 Å². The van der Waals surface area contributed by atoms with E-state index in [1.54, 1.807) is 12.4 Å². The molecule has 2 aromatic rings. The summed E-state index contributed by atoms with van der Waals surface area (Å²) in [5.41, 5.74) is 2.06. The number of pyridine rings is 1. The molecule has 0 bridgehead atoms. The van der Waals surface area contributed by atoms with E-state index in [1.807, 2.05) is 25.1 Å². The van der Waals surface area contributed by atoms with Crippen molar-refractivity contribution in [1.82, 2.24) is 15.0 Å². The van der Waals surface area contributed by atoms with E-state index >= 15 is 0 Å². The minimum Gasteiger partial charge on any atom is -0.365 e. The lowest BCUT2D eigenvalue weighted by Gasteiger charge is -2.21. The van der Waals surface area contributed by atoms with Crippen LogP contribution in [0.3, 0.4) is 0 Å². The maximum absolute atomic E-state index is 4.49. The molecule has 5 heteroatoms. The third-order valence-corrected chi connectivity index (χ3v) is 2.56. The van der Waals surface area contributed by atoms with Crippen molar-refractivity contribution >= 4 is 11.8 Å². The Morgan fingerprint density at radius 1 is 1.10 bits per heavy atom. The molecule has 0 aromatic carbocycles. The van der Waals surface area contributed by atoms with Gasteiger partial charge in [-0.1, -0.05) is 0 Å². The Morgan fingerprint density at radius 3 is 2.45 bits per heavy atom. The van der Waals surface area contributed by atoms with Crippen molar-refractivity contribution in [2.24, 2.45) is 0 Å². The maximum atomic E-state index is 4.49. The normalized spacial score (nSPS) is 11.2. The highest BCUT2D eigenvalue weighted by Crippen LogP contribution is 2.15. The largest absolute Gasteiger partial charge is 0.365 e. The molecule has 0 radical (unpaired) electrons. The molecular formula is C15H21N5. The molecule has 20 heavy (non-hydrogen) atoms. The van der Waals surface area contributed by atoms with E-state index in [9.17, 15) is 0 Å². The van der Waals surface area contributed by atoms with Gasteiger partial charge in [-0.25, -0.2) is 4.98 Å². The fourth-order valence-electron chi connectivity index (χ4n) is 1.78. The number of anilines is 2. The molecule has 0 amide bonds. The van der Waals surface area contributed by atoms with E-state index in [0.29, 0.717) is 12.5 Å². The molecule has 0 saturated carbocycles. The number of hydrogen-bond acceptors (Lipinski definition) is 5. The standard InChI is InChI=1S/C15H21N5/c1-11-9-13(20-15(2,3)4)19-14(18-11)17-10-12-5-7-16-8-6-12/h5-9H,10H2,1-4H3,(H2,17,18,19,20). The first kappa shape index (κ1) is 14.2. The summed E-state index contributed by atoms with van der Waals surface area (Å²) in [6.07, 6.45) is 3.56. The summed E-state index contributed by atoms with van der Waals surface area (Å²) < 4.78 is 0. The number of aryl methyl sites for hydroxylation is 1. The second-order valence-electron chi connectivity index (χ2n) is 5.80. The molecule has 0 unspecified atom stereocenters. The summed E-state index contributed by atoms with van der Waals surface area (Å²) in [4.78, 5) is 12.9. The fraction of sp³-hybridized carbons (Fsp3) is 0.400. The number of rotatable bonds is 4. The number of nitrogens with zero attached hydrogens (tertiary/aromatic N) is 3. The number of aromatic nitrogens is 3. The van der Waals surface area contributed by atoms with Crippen LogP contribution in [0.5, 0.6) is 0 Å². The molecule has 2 aromatic heterocycles. The summed E-state index contributed by atoms with van der Waals surface area (Å²) in [6, 6.07) is 5.89. The third kappa shape index (κ3) is 4.50. The summed E-state index contributed by atoms with van der Waals surface area (Å²) in [5.74, 6) is 1.47. The van der Waals surface area contributed by atoms with E-state index in [1.165, 1.54) is 0 Å². The Morgan fingerprint density at radius 2 is 1.80 bits per heavy atom. The number of hydrogen-bond donors (Lipinski definition) is 2. The van der Waals surface area contributed by atoms with E-state index in [4.69, 9.17) is 0 Å². The molecule has 0 aliphatic rings. The zero-order chi connectivity index (χ0) is 14.6. The second-order valence-corrected chi connectivity index (χ2v) is 5.80. The first-order valence-corrected chi connectivity index (χ1v) is 6.69. The highest BCUT2D eigenvalue weighted by atomic mass is 15.2. The second kappa shape index (κ2) is 5.86. The van der Waals surface area contributed by atoms with Crippen molar-refractivity contribution in [3.8, 4) is 0 Å². The van der Waals surface area contributed by atoms with Crippen LogP contribution in [0.1, 0.15) is 32.0 Å². The Labute approximate surface area is 119 Å². The lowest BCUT2D eigenvalue weighted by molar-refractivity contribution is 0.630. The Balaban J connectivity index is 2.08. The monoisotopic (exact) mass is 271 g/mol. The minimum absolute atomic E-state index is 0.0246. The SMILES string of the molecule is Cc1cc(NC(C)(C)C)nc(NCc2ccncc2)n1. The zero-order valence-electron chi connectivity index (χ0n) is 12.4. The van der Waals surface area contributed by atoms with Gasteiger partial charge in [-0.15, -0.1) is 0 Å². The first-order valence-electron chi connectivity index (χ1n) is 6.69. The van der Waals surface area contributed by atoms with Crippen molar-refractivity contribution in [2.45, 2.75) is 39.8 Å². The zero-order valence-corrected chi connectivity index (χ0v) is 12.4. The van der Waals surface area contributed by atoms with Crippen LogP contribution in [-0.4, -0.2) is 20.5 Å². The van der Waals surface area contributed by atoms with Crippen LogP contribution >= 0.6 is 0 Å². The summed E-state index contributed by atoms with van der Waals surface area (Å²) in [5, 5.41) is 6.60. The lowest BCUT2D eigenvalue weighted by Crippen LogP contribution is -2.27. The van der Waals surface area contributed by atoms with Crippen LogP contribution < -0.4 is 10.6 Å². The fourth-order valence-corrected chi connectivity index (χ4v) is 1.78. The van der Waals surface area contributed by atoms with Crippen LogP contribution in [0.4, 0.5) is 11.8 Å². The van der Waals surface area contributed by atoms with Gasteiger partial charge in [-0.05, 0) is 45.4 Å². The number of nitrogens with one attached hydrogen (secondary N) is 2. The molecule has 106 valence electrons. The van der Waals surface area contributed by atoms with Crippen LogP contribution in [0.15, 0.2) is 30.6 Å². The quantitative estimate of drug-likeness (QED) is 0.895. The van der Waals surface area contributed by atoms with Gasteiger partial charge in [0.1, 0.15) is 5.82 Å². The van der Waals surface area contributed by atoms with Gasteiger partial charge in [0.2, 0.25) is 5.95 Å². The van der Waals surface area contributed by atoms with Gasteiger partial charge in [-0.3, -0.25) is 4.98 Å². The molecule has 0 aliphatic carbocycles. The molecule has 0 aliphatic heterocycles. The van der Waals surface area contributed by atoms with Crippen LogP contribution in [0, 0.1) is 6.92 Å². The van der Waals surface area contributed by atoms with Crippen LogP contribution in [0.2, 0.25) is 0 Å². The van der Waals surface area contributed by atoms with Gasteiger partial charge in [0.25, 0.3) is 0 Å². The van der Waals surface area contributed by atoms with Gasteiger partial charge < -0.3 is 10.6 Å². The van der Waals surface area contributed by atoms with Crippen LogP contribution in [0.25, 0.3) is 0 Å². The molecule has 0 spiro atoms. The molecule has 0 fully saturated rings. The Kier molecular flexibility index (Phi) is 4.17. The van der Waals surface area contributed by atoms with Crippen molar-refractivity contribution < 1.29 is 0 Å². The molecule has 5 nitrogen and oxygen atoms in total. The molecule has 0 saturated heterocycles.